The fourth-order valence-electron chi connectivity index (χ4n) is 8.83. The number of nitriles is 1. The van der Waals surface area contributed by atoms with Crippen molar-refractivity contribution >= 4 is 64.6 Å². The molecule has 0 aliphatic carbocycles. The van der Waals surface area contributed by atoms with Crippen molar-refractivity contribution in [2.24, 2.45) is 5.92 Å². The number of ether oxygens (including phenoxy) is 2. The molecule has 0 saturated carbocycles. The van der Waals surface area contributed by atoms with Gasteiger partial charge in [-0.05, 0) is 88.4 Å². The van der Waals surface area contributed by atoms with Crippen molar-refractivity contribution in [1.29, 1.82) is 5.26 Å². The van der Waals surface area contributed by atoms with Gasteiger partial charge in [-0.1, -0.05) is 11.6 Å². The number of carbonyl (C=O) groups is 6. The Morgan fingerprint density at radius 3 is 2.32 bits per heavy atom. The third kappa shape index (κ3) is 9.54. The van der Waals surface area contributed by atoms with Gasteiger partial charge in [-0.3, -0.25) is 44.0 Å². The fraction of sp³-hybridized carbons (Fsp3) is 0.477. The molecule has 2 aromatic carbocycles. The minimum atomic E-state index is -0.994. The van der Waals surface area contributed by atoms with Gasteiger partial charge in [-0.25, -0.2) is 4.79 Å². The van der Waals surface area contributed by atoms with E-state index in [9.17, 15) is 34.0 Å². The molecule has 8 rings (SSSR count). The maximum Gasteiger partial charge on any atom is 0.411 e. The van der Waals surface area contributed by atoms with Crippen LogP contribution in [0.5, 0.6) is 5.75 Å². The molecule has 3 aromatic rings. The molecule has 2 N–H and O–H groups in total. The Morgan fingerprint density at radius 2 is 1.65 bits per heavy atom. The van der Waals surface area contributed by atoms with Crippen LogP contribution < -0.4 is 25.2 Å². The number of hydrogen-bond acceptors (Lipinski definition) is 14. The van der Waals surface area contributed by atoms with Gasteiger partial charge in [0.05, 0.1) is 28.3 Å². The molecule has 3 atom stereocenters. The summed E-state index contributed by atoms with van der Waals surface area (Å²) in [6.45, 7) is 11.2. The highest BCUT2D eigenvalue weighted by Crippen LogP contribution is 2.33. The van der Waals surface area contributed by atoms with Crippen LogP contribution in [0.15, 0.2) is 48.5 Å². The minimum absolute atomic E-state index is 0.0750. The molecule has 6 amide bonds. The Kier molecular flexibility index (Phi) is 12.3. The first-order valence-electron chi connectivity index (χ1n) is 21.2. The first kappa shape index (κ1) is 43.3. The van der Waals surface area contributed by atoms with Gasteiger partial charge in [-0.15, -0.1) is 10.2 Å². The molecule has 0 spiro atoms. The highest BCUT2D eigenvalue weighted by molar-refractivity contribution is 6.31. The number of likely N-dealkylation sites (tertiary alicyclic amines) is 1. The molecular formula is C44H49ClN10O8. The van der Waals surface area contributed by atoms with Gasteiger partial charge in [0.2, 0.25) is 17.7 Å². The van der Waals surface area contributed by atoms with Crippen molar-refractivity contribution < 1.29 is 38.2 Å². The number of anilines is 3. The second-order valence-electron chi connectivity index (χ2n) is 17.5. The molecule has 330 valence electrons. The van der Waals surface area contributed by atoms with Gasteiger partial charge < -0.3 is 24.6 Å². The maximum absolute atomic E-state index is 13.6. The van der Waals surface area contributed by atoms with Crippen LogP contribution in [0.2, 0.25) is 5.02 Å². The van der Waals surface area contributed by atoms with Crippen LogP contribution in [0.3, 0.4) is 0 Å². The number of benzene rings is 2. The SMILES string of the molecule is CC(C)(C)OC(=O)N1C[C@@H](Oc2ccc(C#N)c(Cl)c2)C[C@@H]1C(=O)Nc1ccc(N2CCC(CN3CCN(c4ccc5c(c4)C(=O)N(C4CCC(=O)NC4=O)C5=O)CC3)CC2)nn1. The van der Waals surface area contributed by atoms with E-state index in [2.05, 4.69) is 35.5 Å². The molecule has 1 unspecified atom stereocenters. The van der Waals surface area contributed by atoms with Gasteiger partial charge in [0.25, 0.3) is 11.8 Å². The van der Waals surface area contributed by atoms with E-state index in [1.165, 1.54) is 11.0 Å². The average molecular weight is 881 g/mol. The van der Waals surface area contributed by atoms with Crippen molar-refractivity contribution in [2.45, 2.75) is 76.7 Å². The standard InChI is InChI=1S/C44H49ClN10O8/c1-44(2,3)63-43(61)54-25-30(62-29-6-4-27(23-46)33(45)21-29)22-35(54)40(58)47-36-9-10-37(50-49-36)53-14-12-26(13-15-53)24-51-16-18-52(19-17-51)28-5-7-31-32(20-28)42(60)55(41(31)59)34-8-11-38(56)48-39(34)57/h4-7,9-10,20-21,26,30,34-35H,8,11-19,22,24-25H2,1-3H3,(H,47,49,58)(H,48,56,57)/t30-,34?,35+/m0/s1. The number of piperazine rings is 1. The Balaban J connectivity index is 0.802. The monoisotopic (exact) mass is 880 g/mol. The van der Waals surface area contributed by atoms with Crippen LogP contribution in [0, 0.1) is 17.2 Å². The summed E-state index contributed by atoms with van der Waals surface area (Å²) < 4.78 is 11.7. The summed E-state index contributed by atoms with van der Waals surface area (Å²) in [5.74, 6) is -0.628. The second kappa shape index (κ2) is 17.8. The van der Waals surface area contributed by atoms with Crippen LogP contribution >= 0.6 is 11.6 Å². The molecule has 0 bridgehead atoms. The number of amides is 6. The predicted molar refractivity (Wildman–Crippen MR) is 229 cm³/mol. The number of piperidine rings is 2. The highest BCUT2D eigenvalue weighted by Gasteiger charge is 2.45. The number of nitrogens with zero attached hydrogens (tertiary/aromatic N) is 8. The number of carbonyl (C=O) groups excluding carboxylic acids is 6. The Hall–Kier alpha value is -6.32. The summed E-state index contributed by atoms with van der Waals surface area (Å²) in [5.41, 5.74) is 0.936. The minimum Gasteiger partial charge on any atom is -0.488 e. The van der Waals surface area contributed by atoms with Gasteiger partial charge in [0.15, 0.2) is 11.6 Å². The molecule has 0 radical (unpaired) electrons. The number of aromatic nitrogens is 2. The maximum atomic E-state index is 13.6. The van der Waals surface area contributed by atoms with E-state index in [4.69, 9.17) is 21.1 Å². The average Bonchev–Trinajstić information content (AvgIpc) is 3.79. The topological polar surface area (TPSA) is 211 Å². The van der Waals surface area contributed by atoms with Crippen LogP contribution in [-0.4, -0.2) is 137 Å². The van der Waals surface area contributed by atoms with Crippen molar-refractivity contribution in [1.82, 2.24) is 30.2 Å². The molecule has 4 fully saturated rings. The van der Waals surface area contributed by atoms with Crippen molar-refractivity contribution in [3.8, 4) is 11.8 Å². The fourth-order valence-corrected chi connectivity index (χ4v) is 9.04. The summed E-state index contributed by atoms with van der Waals surface area (Å²) in [6.07, 6.45) is 1.15. The van der Waals surface area contributed by atoms with E-state index in [-0.39, 0.29) is 47.8 Å². The largest absolute Gasteiger partial charge is 0.488 e. The Morgan fingerprint density at radius 1 is 0.905 bits per heavy atom. The molecule has 5 aliphatic rings. The number of halogens is 1. The molecule has 1 aromatic heterocycles. The number of rotatable bonds is 9. The van der Waals surface area contributed by atoms with E-state index in [1.54, 1.807) is 51.1 Å². The zero-order chi connectivity index (χ0) is 44.6. The first-order valence-corrected chi connectivity index (χ1v) is 21.6. The van der Waals surface area contributed by atoms with Gasteiger partial charge in [-0.2, -0.15) is 5.26 Å². The molecular weight excluding hydrogens is 832 g/mol. The van der Waals surface area contributed by atoms with E-state index in [0.29, 0.717) is 23.0 Å². The van der Waals surface area contributed by atoms with Crippen LogP contribution in [0.1, 0.15) is 79.2 Å². The van der Waals surface area contributed by atoms with Gasteiger partial charge in [0, 0.05) is 70.4 Å². The van der Waals surface area contributed by atoms with Crippen LogP contribution in [0.4, 0.5) is 22.1 Å². The van der Waals surface area contributed by atoms with Crippen LogP contribution in [-0.2, 0) is 19.1 Å². The van der Waals surface area contributed by atoms with E-state index >= 15 is 0 Å². The predicted octanol–water partition coefficient (Wildman–Crippen LogP) is 3.84. The number of nitrogens with one attached hydrogen (secondary N) is 2. The first-order chi connectivity index (χ1) is 30.1. The van der Waals surface area contributed by atoms with Crippen molar-refractivity contribution in [2.75, 3.05) is 67.5 Å². The Bertz CT molecular complexity index is 2350. The lowest BCUT2D eigenvalue weighted by Gasteiger charge is -2.39. The molecule has 6 heterocycles. The number of hydrogen-bond donors (Lipinski definition) is 2. The van der Waals surface area contributed by atoms with Crippen LogP contribution in [0.25, 0.3) is 0 Å². The lowest BCUT2D eigenvalue weighted by atomic mass is 9.96. The van der Waals surface area contributed by atoms with Gasteiger partial charge in [0.1, 0.15) is 35.6 Å². The van der Waals surface area contributed by atoms with E-state index in [0.717, 1.165) is 69.2 Å². The normalized spacial score (nSPS) is 22.2. The summed E-state index contributed by atoms with van der Waals surface area (Å²) in [6, 6.07) is 13.6. The van der Waals surface area contributed by atoms with E-state index < -0.39 is 59.4 Å². The molecule has 63 heavy (non-hydrogen) atoms. The molecule has 19 heteroatoms. The number of imide groups is 2. The summed E-state index contributed by atoms with van der Waals surface area (Å²) in [5, 5.41) is 23.2. The zero-order valence-corrected chi connectivity index (χ0v) is 36.1. The second-order valence-corrected chi connectivity index (χ2v) is 17.9. The third-order valence-electron chi connectivity index (χ3n) is 12.1. The zero-order valence-electron chi connectivity index (χ0n) is 35.3. The summed E-state index contributed by atoms with van der Waals surface area (Å²) >= 11 is 6.20. The summed E-state index contributed by atoms with van der Waals surface area (Å²) in [7, 11) is 0. The van der Waals surface area contributed by atoms with E-state index in [1.807, 2.05) is 18.2 Å². The smallest absolute Gasteiger partial charge is 0.411 e. The van der Waals surface area contributed by atoms with Gasteiger partial charge >= 0.3 is 6.09 Å². The molecule has 18 nitrogen and oxygen atoms in total. The third-order valence-corrected chi connectivity index (χ3v) is 12.4. The van der Waals surface area contributed by atoms with Crippen molar-refractivity contribution in [3.63, 3.8) is 0 Å². The highest BCUT2D eigenvalue weighted by atomic mass is 35.5. The lowest BCUT2D eigenvalue weighted by molar-refractivity contribution is -0.136. The molecule has 4 saturated heterocycles. The quantitative estimate of drug-likeness (QED) is 0.293. The molecule has 5 aliphatic heterocycles. The van der Waals surface area contributed by atoms with Crippen molar-refractivity contribution in [3.05, 3.63) is 70.2 Å². The lowest BCUT2D eigenvalue weighted by Crippen LogP contribution is -2.54. The Labute approximate surface area is 369 Å². The number of fused-ring (bicyclic) bond motifs is 1. The summed E-state index contributed by atoms with van der Waals surface area (Å²) in [4.78, 5) is 86.7.